The lowest BCUT2D eigenvalue weighted by Gasteiger charge is -2.09. The minimum absolute atomic E-state index is 0.0133. The first-order chi connectivity index (χ1) is 13.4. The van der Waals surface area contributed by atoms with Crippen molar-refractivity contribution in [3.63, 3.8) is 0 Å². The third kappa shape index (κ3) is 4.39. The molecule has 1 saturated heterocycles. The van der Waals surface area contributed by atoms with Crippen LogP contribution in [-0.2, 0) is 16.4 Å². The van der Waals surface area contributed by atoms with E-state index in [1.54, 1.807) is 12.1 Å². The van der Waals surface area contributed by atoms with Gasteiger partial charge in [-0.2, -0.15) is 0 Å². The number of carbonyl (C=O) groups is 1. The number of aryl methyl sites for hydroxylation is 1. The highest BCUT2D eigenvalue weighted by atomic mass is 32.2. The fourth-order valence-electron chi connectivity index (χ4n) is 3.23. The van der Waals surface area contributed by atoms with Gasteiger partial charge in [0.05, 0.1) is 17.5 Å². The largest absolute Gasteiger partial charge is 0.348 e. The summed E-state index contributed by atoms with van der Waals surface area (Å²) >= 11 is 1.48. The van der Waals surface area contributed by atoms with Crippen molar-refractivity contribution in [1.29, 1.82) is 0 Å². The summed E-state index contributed by atoms with van der Waals surface area (Å²) in [5, 5.41) is 6.88. The predicted molar refractivity (Wildman–Crippen MR) is 114 cm³/mol. The molecule has 2 aromatic rings. The Bertz CT molecular complexity index is 1020. The highest BCUT2D eigenvalue weighted by Gasteiger charge is 2.42. The fraction of sp³-hybridized carbons (Fsp3) is 0.300. The summed E-state index contributed by atoms with van der Waals surface area (Å²) in [6.07, 6.45) is 0. The van der Waals surface area contributed by atoms with Gasteiger partial charge in [-0.1, -0.05) is 41.6 Å². The number of benzene rings is 2. The Hall–Kier alpha value is -2.32. The minimum Gasteiger partial charge on any atom is -0.348 e. The molecule has 6 nitrogen and oxygen atoms in total. The molecule has 0 unspecified atom stereocenters. The van der Waals surface area contributed by atoms with Crippen LogP contribution in [0, 0.1) is 6.92 Å². The zero-order chi connectivity index (χ0) is 19.7. The van der Waals surface area contributed by atoms with Crippen LogP contribution in [-0.4, -0.2) is 42.3 Å². The maximum atomic E-state index is 12.3. The number of nitrogens with one attached hydrogen (secondary N) is 2. The molecular formula is C20H21N3O3S2. The van der Waals surface area contributed by atoms with E-state index in [1.807, 2.05) is 43.3 Å². The summed E-state index contributed by atoms with van der Waals surface area (Å²) in [5.74, 6) is 0.201. The first kappa shape index (κ1) is 19.0. The smallest absolute Gasteiger partial charge is 0.251 e. The van der Waals surface area contributed by atoms with Gasteiger partial charge in [-0.3, -0.25) is 9.79 Å². The van der Waals surface area contributed by atoms with E-state index in [9.17, 15) is 13.2 Å². The Balaban J connectivity index is 1.32. The number of amidine groups is 1. The minimum atomic E-state index is -2.94. The maximum Gasteiger partial charge on any atom is 0.251 e. The monoisotopic (exact) mass is 415 g/mol. The van der Waals surface area contributed by atoms with E-state index in [1.165, 1.54) is 17.3 Å². The number of hydrogen-bond acceptors (Lipinski definition) is 6. The number of thioether (sulfide) groups is 1. The third-order valence-corrected chi connectivity index (χ3v) is 7.93. The Morgan fingerprint density at radius 1 is 1.11 bits per heavy atom. The van der Waals surface area contributed by atoms with Crippen molar-refractivity contribution in [2.24, 2.45) is 4.99 Å². The van der Waals surface area contributed by atoms with Crippen LogP contribution in [0.3, 0.4) is 0 Å². The van der Waals surface area contributed by atoms with Crippen LogP contribution < -0.4 is 10.6 Å². The molecule has 2 atom stereocenters. The lowest BCUT2D eigenvalue weighted by molar-refractivity contribution is 0.0951. The number of fused-ring (bicyclic) bond motifs is 1. The summed E-state index contributed by atoms with van der Waals surface area (Å²) in [7, 11) is -2.94. The van der Waals surface area contributed by atoms with Crippen LogP contribution in [0.2, 0.25) is 0 Å². The van der Waals surface area contributed by atoms with Gasteiger partial charge in [-0.15, -0.1) is 0 Å². The van der Waals surface area contributed by atoms with Crippen LogP contribution in [0.25, 0.3) is 0 Å². The number of sulfone groups is 1. The molecule has 28 heavy (non-hydrogen) atoms. The van der Waals surface area contributed by atoms with E-state index in [0.717, 1.165) is 16.4 Å². The van der Waals surface area contributed by atoms with Crippen LogP contribution in [0.5, 0.6) is 0 Å². The van der Waals surface area contributed by atoms with Gasteiger partial charge in [0.15, 0.2) is 15.0 Å². The number of rotatable bonds is 4. The fourth-order valence-corrected chi connectivity index (χ4v) is 6.91. The molecule has 2 aliphatic heterocycles. The molecule has 1 fully saturated rings. The van der Waals surface area contributed by atoms with Crippen molar-refractivity contribution in [3.05, 3.63) is 65.2 Å². The van der Waals surface area contributed by atoms with Gasteiger partial charge < -0.3 is 10.6 Å². The van der Waals surface area contributed by atoms with Gasteiger partial charge in [0.1, 0.15) is 0 Å². The average Bonchev–Trinajstić information content (AvgIpc) is 3.14. The first-order valence-electron chi connectivity index (χ1n) is 9.04. The van der Waals surface area contributed by atoms with Gasteiger partial charge in [0, 0.05) is 23.0 Å². The van der Waals surface area contributed by atoms with Crippen LogP contribution in [0.15, 0.2) is 53.5 Å². The molecule has 1 amide bonds. The highest BCUT2D eigenvalue weighted by Crippen LogP contribution is 2.34. The summed E-state index contributed by atoms with van der Waals surface area (Å²) < 4.78 is 23.3. The van der Waals surface area contributed by atoms with Crippen molar-refractivity contribution in [3.8, 4) is 0 Å². The molecule has 0 saturated carbocycles. The number of nitrogens with zero attached hydrogens (tertiary/aromatic N) is 1. The van der Waals surface area contributed by atoms with Gasteiger partial charge in [-0.05, 0) is 36.8 Å². The summed E-state index contributed by atoms with van der Waals surface area (Å²) in [4.78, 5) is 16.8. The topological polar surface area (TPSA) is 87.6 Å². The molecule has 0 bridgehead atoms. The van der Waals surface area contributed by atoms with E-state index in [-0.39, 0.29) is 28.7 Å². The SMILES string of the molecule is Cc1ccc(CNC(=O)c2ccc(NC3=N[C@H]4CS(=O)(=O)C[C@H]4S3)cc2)cc1. The zero-order valence-corrected chi connectivity index (χ0v) is 17.0. The summed E-state index contributed by atoms with van der Waals surface area (Å²) in [5.41, 5.74) is 3.65. The molecule has 0 spiro atoms. The van der Waals surface area contributed by atoms with Crippen LogP contribution in [0.4, 0.5) is 5.69 Å². The lowest BCUT2D eigenvalue weighted by atomic mass is 10.1. The second-order valence-electron chi connectivity index (χ2n) is 7.11. The Morgan fingerprint density at radius 3 is 2.50 bits per heavy atom. The van der Waals surface area contributed by atoms with E-state index in [4.69, 9.17) is 0 Å². The van der Waals surface area contributed by atoms with Gasteiger partial charge in [0.2, 0.25) is 0 Å². The second kappa shape index (κ2) is 7.60. The van der Waals surface area contributed by atoms with Gasteiger partial charge in [0.25, 0.3) is 5.91 Å². The van der Waals surface area contributed by atoms with Crippen molar-refractivity contribution in [2.75, 3.05) is 16.8 Å². The number of anilines is 1. The number of carbonyl (C=O) groups excluding carboxylic acids is 1. The summed E-state index contributed by atoms with van der Waals surface area (Å²) in [6, 6.07) is 15.1. The Kier molecular flexibility index (Phi) is 5.16. The second-order valence-corrected chi connectivity index (χ2v) is 10.5. The number of hydrogen-bond donors (Lipinski definition) is 2. The van der Waals surface area contributed by atoms with Crippen molar-refractivity contribution < 1.29 is 13.2 Å². The highest BCUT2D eigenvalue weighted by molar-refractivity contribution is 8.15. The molecule has 0 aromatic heterocycles. The van der Waals surface area contributed by atoms with Crippen LogP contribution in [0.1, 0.15) is 21.5 Å². The molecule has 2 aliphatic rings. The quantitative estimate of drug-likeness (QED) is 0.802. The molecule has 2 aromatic carbocycles. The van der Waals surface area contributed by atoms with Crippen molar-refractivity contribution in [2.45, 2.75) is 24.8 Å². The number of aliphatic imine (C=N–C) groups is 1. The third-order valence-electron chi connectivity index (χ3n) is 4.79. The summed E-state index contributed by atoms with van der Waals surface area (Å²) in [6.45, 7) is 2.51. The van der Waals surface area contributed by atoms with Crippen LogP contribution >= 0.6 is 11.8 Å². The molecule has 8 heteroatoms. The molecule has 4 rings (SSSR count). The van der Waals surface area contributed by atoms with E-state index < -0.39 is 9.84 Å². The molecule has 2 heterocycles. The van der Waals surface area contributed by atoms with Crippen molar-refractivity contribution in [1.82, 2.24) is 5.32 Å². The number of amides is 1. The van der Waals surface area contributed by atoms with E-state index in [0.29, 0.717) is 12.1 Å². The van der Waals surface area contributed by atoms with E-state index >= 15 is 0 Å². The lowest BCUT2D eigenvalue weighted by Crippen LogP contribution is -2.22. The molecule has 146 valence electrons. The Labute approximate surface area is 168 Å². The normalized spacial score (nSPS) is 22.4. The maximum absolute atomic E-state index is 12.3. The zero-order valence-electron chi connectivity index (χ0n) is 15.4. The van der Waals surface area contributed by atoms with Gasteiger partial charge in [-0.25, -0.2) is 8.42 Å². The molecule has 0 radical (unpaired) electrons. The predicted octanol–water partition coefficient (Wildman–Crippen LogP) is 2.61. The molecule has 0 aliphatic carbocycles. The van der Waals surface area contributed by atoms with Crippen molar-refractivity contribution >= 4 is 38.4 Å². The Morgan fingerprint density at radius 2 is 1.82 bits per heavy atom. The molecule has 2 N–H and O–H groups in total. The van der Waals surface area contributed by atoms with E-state index in [2.05, 4.69) is 15.6 Å². The average molecular weight is 416 g/mol. The first-order valence-corrected chi connectivity index (χ1v) is 11.7. The molecular weight excluding hydrogens is 394 g/mol. The standard InChI is InChI=1S/C20H21N3O3S2/c1-13-2-4-14(5-3-13)10-21-19(24)15-6-8-16(9-7-15)22-20-23-17-11-28(25,26)12-18(17)27-20/h2-9,17-18H,10-12H2,1H3,(H,21,24)(H,22,23)/t17-,18+/m0/s1. The van der Waals surface area contributed by atoms with Gasteiger partial charge >= 0.3 is 0 Å².